The zero-order chi connectivity index (χ0) is 24.0. The Morgan fingerprint density at radius 2 is 1.43 bits per heavy atom. The molecule has 0 saturated carbocycles. The molecule has 0 spiro atoms. The summed E-state index contributed by atoms with van der Waals surface area (Å²) in [5.41, 5.74) is 2.39. The molecule has 0 atom stereocenters. The van der Waals surface area contributed by atoms with E-state index in [-0.39, 0.29) is 5.57 Å². The topological polar surface area (TPSA) is 62.1 Å². The normalized spacial score (nSPS) is 11.2. The van der Waals surface area contributed by atoms with Crippen LogP contribution in [-0.4, -0.2) is 5.91 Å². The maximum absolute atomic E-state index is 13.2. The van der Waals surface area contributed by atoms with Crippen molar-refractivity contribution >= 4 is 39.2 Å². The number of anilines is 1. The fourth-order valence-corrected chi connectivity index (χ4v) is 4.10. The predicted molar refractivity (Wildman–Crippen MR) is 141 cm³/mol. The van der Waals surface area contributed by atoms with Crippen LogP contribution in [0.15, 0.2) is 115 Å². The van der Waals surface area contributed by atoms with Gasteiger partial charge in [0.25, 0.3) is 5.91 Å². The third-order valence-corrected chi connectivity index (χ3v) is 5.86. The molecule has 1 N–H and O–H groups in total. The van der Waals surface area contributed by atoms with Gasteiger partial charge < -0.3 is 10.1 Å². The van der Waals surface area contributed by atoms with E-state index in [9.17, 15) is 10.1 Å². The number of ether oxygens (including phenoxy) is 1. The zero-order valence-corrected chi connectivity index (χ0v) is 18.9. The zero-order valence-electron chi connectivity index (χ0n) is 18.9. The summed E-state index contributed by atoms with van der Waals surface area (Å²) in [6.45, 7) is 0.379. The number of nitriles is 1. The molecular formula is C31H22N2O2. The third kappa shape index (κ3) is 4.75. The molecule has 5 rings (SSSR count). The summed E-state index contributed by atoms with van der Waals surface area (Å²) >= 11 is 0. The number of fused-ring (bicyclic) bond motifs is 2. The van der Waals surface area contributed by atoms with Crippen LogP contribution in [0.5, 0.6) is 5.75 Å². The van der Waals surface area contributed by atoms with Crippen LogP contribution in [-0.2, 0) is 11.4 Å². The minimum Gasteiger partial charge on any atom is -0.488 e. The maximum atomic E-state index is 13.2. The summed E-state index contributed by atoms with van der Waals surface area (Å²) in [5, 5.41) is 16.6. The number of benzene rings is 5. The van der Waals surface area contributed by atoms with Crippen LogP contribution in [0.1, 0.15) is 11.1 Å². The smallest absolute Gasteiger partial charge is 0.266 e. The van der Waals surface area contributed by atoms with Crippen LogP contribution in [0.3, 0.4) is 0 Å². The van der Waals surface area contributed by atoms with Gasteiger partial charge in [-0.3, -0.25) is 4.79 Å². The van der Waals surface area contributed by atoms with Crippen molar-refractivity contribution in [2.75, 3.05) is 5.32 Å². The molecule has 5 aromatic rings. The number of hydrogen-bond acceptors (Lipinski definition) is 3. The lowest BCUT2D eigenvalue weighted by atomic mass is 10.0. The second kappa shape index (κ2) is 9.94. The Hall–Kier alpha value is -4.88. The molecule has 168 valence electrons. The molecule has 0 aliphatic rings. The van der Waals surface area contributed by atoms with Crippen molar-refractivity contribution < 1.29 is 9.53 Å². The monoisotopic (exact) mass is 454 g/mol. The number of hydrogen-bond donors (Lipinski definition) is 1. The van der Waals surface area contributed by atoms with E-state index in [0.717, 1.165) is 27.1 Å². The summed E-state index contributed by atoms with van der Waals surface area (Å²) < 4.78 is 6.15. The van der Waals surface area contributed by atoms with Gasteiger partial charge in [0.1, 0.15) is 24.0 Å². The highest BCUT2D eigenvalue weighted by molar-refractivity contribution is 6.14. The SMILES string of the molecule is N#C/C(=C\c1c(OCc2ccccc2)ccc2ccccc12)C(=O)Nc1cccc2ccccc12. The Balaban J connectivity index is 1.52. The Labute approximate surface area is 203 Å². The molecule has 5 aromatic carbocycles. The van der Waals surface area contributed by atoms with Gasteiger partial charge in [0.15, 0.2) is 0 Å². The van der Waals surface area contributed by atoms with Crippen LogP contribution < -0.4 is 10.1 Å². The lowest BCUT2D eigenvalue weighted by molar-refractivity contribution is -0.112. The van der Waals surface area contributed by atoms with Crippen molar-refractivity contribution in [3.8, 4) is 11.8 Å². The minimum atomic E-state index is -0.467. The lowest BCUT2D eigenvalue weighted by Crippen LogP contribution is -2.13. The van der Waals surface area contributed by atoms with Crippen molar-refractivity contribution in [1.29, 1.82) is 5.26 Å². The summed E-state index contributed by atoms with van der Waals surface area (Å²) in [5.74, 6) is 0.143. The van der Waals surface area contributed by atoms with Crippen molar-refractivity contribution in [2.24, 2.45) is 0 Å². The molecule has 35 heavy (non-hydrogen) atoms. The summed E-state index contributed by atoms with van der Waals surface area (Å²) in [6, 6.07) is 37.2. The van der Waals surface area contributed by atoms with Gasteiger partial charge in [0.2, 0.25) is 0 Å². The number of carbonyl (C=O) groups excluding carboxylic acids is 1. The number of rotatable bonds is 6. The van der Waals surface area contributed by atoms with E-state index in [1.165, 1.54) is 0 Å². The van der Waals surface area contributed by atoms with Crippen molar-refractivity contribution in [3.63, 3.8) is 0 Å². The number of nitrogens with one attached hydrogen (secondary N) is 1. The van der Waals surface area contributed by atoms with Crippen LogP contribution in [0.25, 0.3) is 27.6 Å². The highest BCUT2D eigenvalue weighted by Gasteiger charge is 2.15. The standard InChI is InChI=1S/C31H22N2O2/c32-20-25(31(34)33-29-16-8-13-23-11-5-7-15-27(23)29)19-28-26-14-6-4-12-24(26)17-18-30(28)35-21-22-9-2-1-3-10-22/h1-19H,21H2,(H,33,34)/b25-19+. The van der Waals surface area contributed by atoms with Crippen LogP contribution in [0, 0.1) is 11.3 Å². The molecule has 1 amide bonds. The molecular weight excluding hydrogens is 432 g/mol. The number of amides is 1. The van der Waals surface area contributed by atoms with Gasteiger partial charge in [-0.15, -0.1) is 0 Å². The Morgan fingerprint density at radius 1 is 0.771 bits per heavy atom. The van der Waals surface area contributed by atoms with Gasteiger partial charge in [-0.05, 0) is 39.9 Å². The second-order valence-corrected chi connectivity index (χ2v) is 8.12. The average Bonchev–Trinajstić information content (AvgIpc) is 2.91. The molecule has 0 heterocycles. The summed E-state index contributed by atoms with van der Waals surface area (Å²) in [7, 11) is 0. The van der Waals surface area contributed by atoms with Crippen molar-refractivity contribution in [3.05, 3.63) is 126 Å². The highest BCUT2D eigenvalue weighted by Crippen LogP contribution is 2.31. The van der Waals surface area contributed by atoms with Crippen LogP contribution in [0.4, 0.5) is 5.69 Å². The van der Waals surface area contributed by atoms with Gasteiger partial charge >= 0.3 is 0 Å². The Bertz CT molecular complexity index is 1590. The highest BCUT2D eigenvalue weighted by atomic mass is 16.5. The quantitative estimate of drug-likeness (QED) is 0.219. The fourth-order valence-electron chi connectivity index (χ4n) is 4.10. The maximum Gasteiger partial charge on any atom is 0.266 e. The average molecular weight is 455 g/mol. The van der Waals surface area contributed by atoms with Gasteiger partial charge in [-0.25, -0.2) is 0 Å². The van der Waals surface area contributed by atoms with E-state index < -0.39 is 5.91 Å². The first-order valence-corrected chi connectivity index (χ1v) is 11.3. The van der Waals surface area contributed by atoms with Crippen molar-refractivity contribution in [2.45, 2.75) is 6.61 Å². The number of carbonyl (C=O) groups is 1. The van der Waals surface area contributed by atoms with E-state index in [1.54, 1.807) is 6.08 Å². The van der Waals surface area contributed by atoms with E-state index in [4.69, 9.17) is 4.74 Å². The number of nitrogens with zero attached hydrogens (tertiary/aromatic N) is 1. The minimum absolute atomic E-state index is 0.00107. The molecule has 4 heteroatoms. The van der Waals surface area contributed by atoms with E-state index >= 15 is 0 Å². The second-order valence-electron chi connectivity index (χ2n) is 8.12. The lowest BCUT2D eigenvalue weighted by Gasteiger charge is -2.13. The van der Waals surface area contributed by atoms with Crippen molar-refractivity contribution in [1.82, 2.24) is 0 Å². The molecule has 0 saturated heterocycles. The van der Waals surface area contributed by atoms with Crippen LogP contribution in [0.2, 0.25) is 0 Å². The Kier molecular flexibility index (Phi) is 6.23. The molecule has 0 unspecified atom stereocenters. The first-order valence-electron chi connectivity index (χ1n) is 11.3. The predicted octanol–water partition coefficient (Wildman–Crippen LogP) is 7.12. The molecule has 0 aliphatic heterocycles. The molecule has 0 radical (unpaired) electrons. The first-order chi connectivity index (χ1) is 17.2. The van der Waals surface area contributed by atoms with Gasteiger partial charge in [-0.2, -0.15) is 5.26 Å². The van der Waals surface area contributed by atoms with E-state index in [1.807, 2.05) is 109 Å². The first kappa shape index (κ1) is 21.9. The fraction of sp³-hybridized carbons (Fsp3) is 0.0323. The van der Waals surface area contributed by atoms with E-state index in [2.05, 4.69) is 11.4 Å². The molecule has 0 fully saturated rings. The molecule has 4 nitrogen and oxygen atoms in total. The molecule has 0 aliphatic carbocycles. The summed E-state index contributed by atoms with van der Waals surface area (Å²) in [4.78, 5) is 13.2. The molecule has 0 aromatic heterocycles. The molecule has 0 bridgehead atoms. The third-order valence-electron chi connectivity index (χ3n) is 5.86. The Morgan fingerprint density at radius 3 is 2.20 bits per heavy atom. The largest absolute Gasteiger partial charge is 0.488 e. The van der Waals surface area contributed by atoms with Gasteiger partial charge in [-0.1, -0.05) is 97.1 Å². The van der Waals surface area contributed by atoms with Gasteiger partial charge in [0.05, 0.1) is 0 Å². The van der Waals surface area contributed by atoms with Crippen LogP contribution >= 0.6 is 0 Å². The summed E-state index contributed by atoms with van der Waals surface area (Å²) in [6.07, 6.45) is 1.61. The van der Waals surface area contributed by atoms with Gasteiger partial charge in [0, 0.05) is 16.6 Å². The van der Waals surface area contributed by atoms with E-state index in [0.29, 0.717) is 23.6 Å².